The predicted octanol–water partition coefficient (Wildman–Crippen LogP) is 4.81. The minimum absolute atomic E-state index is 0.198. The molecule has 24 heavy (non-hydrogen) atoms. The van der Waals surface area contributed by atoms with Crippen molar-refractivity contribution in [2.45, 2.75) is 6.67 Å². The van der Waals surface area contributed by atoms with Crippen molar-refractivity contribution in [2.24, 2.45) is 0 Å². The lowest BCUT2D eigenvalue weighted by atomic mass is 10.1. The molecule has 0 atom stereocenters. The van der Waals surface area contributed by atoms with Crippen LogP contribution in [0.25, 0.3) is 10.4 Å². The molecule has 0 aliphatic carbocycles. The van der Waals surface area contributed by atoms with Gasteiger partial charge in [-0.1, -0.05) is 35.6 Å². The normalized spacial score (nSPS) is 10.6. The maximum absolute atomic E-state index is 13.6. The lowest BCUT2D eigenvalue weighted by Crippen LogP contribution is -2.15. The number of hydrogen-bond acceptors (Lipinski definition) is 3. The van der Waals surface area contributed by atoms with Crippen LogP contribution in [0, 0.1) is 11.6 Å². The van der Waals surface area contributed by atoms with Gasteiger partial charge in [-0.05, 0) is 29.3 Å². The summed E-state index contributed by atoms with van der Waals surface area (Å²) in [5, 5.41) is 2.57. The lowest BCUT2D eigenvalue weighted by Gasteiger charge is -2.04. The number of anilines is 1. The monoisotopic (exact) mass is 348 g/mol. The summed E-state index contributed by atoms with van der Waals surface area (Å²) in [6, 6.07) is 10.0. The molecule has 1 heterocycles. The molecule has 1 N–H and O–H groups in total. The van der Waals surface area contributed by atoms with E-state index in [1.54, 1.807) is 24.3 Å². The Labute approximate surface area is 139 Å². The highest BCUT2D eigenvalue weighted by molar-refractivity contribution is 7.19. The Morgan fingerprint density at radius 2 is 1.83 bits per heavy atom. The van der Waals surface area contributed by atoms with E-state index in [4.69, 9.17) is 0 Å². The summed E-state index contributed by atoms with van der Waals surface area (Å²) in [6.45, 7) is -0.581. The van der Waals surface area contributed by atoms with Gasteiger partial charge in [0.2, 0.25) is 0 Å². The van der Waals surface area contributed by atoms with Crippen molar-refractivity contribution in [1.29, 1.82) is 0 Å². The first kappa shape index (κ1) is 16.2. The summed E-state index contributed by atoms with van der Waals surface area (Å²) in [4.78, 5) is 16.8. The highest BCUT2D eigenvalue weighted by Gasteiger charge is 2.18. The van der Waals surface area contributed by atoms with Crippen LogP contribution in [0.3, 0.4) is 0 Å². The first-order valence-corrected chi connectivity index (χ1v) is 7.76. The summed E-state index contributed by atoms with van der Waals surface area (Å²) in [7, 11) is 0. The number of carbonyl (C=O) groups excluding carboxylic acids is 1. The molecule has 2 aromatic carbocycles. The molecule has 1 aromatic heterocycles. The van der Waals surface area contributed by atoms with E-state index in [1.165, 1.54) is 12.3 Å². The SMILES string of the molecule is O=C(Nc1ncc(-c2cccc(CF)c2)s1)c1c(F)cccc1F. The fourth-order valence-corrected chi connectivity index (χ4v) is 2.96. The molecular formula is C17H11F3N2OS. The number of nitrogens with zero attached hydrogens (tertiary/aromatic N) is 1. The molecule has 0 aliphatic heterocycles. The highest BCUT2D eigenvalue weighted by atomic mass is 32.1. The van der Waals surface area contributed by atoms with Crippen LogP contribution in [0.1, 0.15) is 15.9 Å². The van der Waals surface area contributed by atoms with Crippen molar-refractivity contribution >= 4 is 22.4 Å². The van der Waals surface area contributed by atoms with Gasteiger partial charge in [0.25, 0.3) is 5.91 Å². The van der Waals surface area contributed by atoms with Crippen molar-refractivity contribution in [1.82, 2.24) is 4.98 Å². The third-order valence-corrected chi connectivity index (χ3v) is 4.24. The zero-order chi connectivity index (χ0) is 17.1. The van der Waals surface area contributed by atoms with Crippen LogP contribution in [0.15, 0.2) is 48.7 Å². The van der Waals surface area contributed by atoms with Crippen molar-refractivity contribution in [3.05, 3.63) is 71.4 Å². The van der Waals surface area contributed by atoms with Gasteiger partial charge in [0.1, 0.15) is 23.9 Å². The molecule has 0 spiro atoms. The molecule has 0 saturated heterocycles. The minimum atomic E-state index is -0.945. The molecular weight excluding hydrogens is 337 g/mol. The molecule has 1 amide bonds. The lowest BCUT2D eigenvalue weighted by molar-refractivity contribution is 0.101. The molecule has 0 saturated carbocycles. The molecule has 7 heteroatoms. The Kier molecular flexibility index (Phi) is 4.61. The standard InChI is InChI=1S/C17H11F3N2OS/c18-8-10-3-1-4-11(7-10)14-9-21-17(24-14)22-16(23)15-12(19)5-2-6-13(15)20/h1-7,9H,8H2,(H,21,22,23). The van der Waals surface area contributed by atoms with Gasteiger partial charge in [0.05, 0.1) is 4.88 Å². The zero-order valence-corrected chi connectivity index (χ0v) is 13.0. The van der Waals surface area contributed by atoms with E-state index >= 15 is 0 Å². The number of alkyl halides is 1. The van der Waals surface area contributed by atoms with Gasteiger partial charge in [-0.25, -0.2) is 18.2 Å². The van der Waals surface area contributed by atoms with Gasteiger partial charge in [-0.2, -0.15) is 0 Å². The fourth-order valence-electron chi connectivity index (χ4n) is 2.15. The topological polar surface area (TPSA) is 42.0 Å². The second-order valence-electron chi connectivity index (χ2n) is 4.91. The smallest absolute Gasteiger partial charge is 0.263 e. The summed E-state index contributed by atoms with van der Waals surface area (Å²) >= 11 is 1.13. The van der Waals surface area contributed by atoms with Crippen LogP contribution in [-0.2, 0) is 6.67 Å². The van der Waals surface area contributed by atoms with Gasteiger partial charge in [-0.3, -0.25) is 10.1 Å². The van der Waals surface area contributed by atoms with E-state index in [-0.39, 0.29) is 5.13 Å². The average Bonchev–Trinajstić information content (AvgIpc) is 3.03. The van der Waals surface area contributed by atoms with E-state index in [0.717, 1.165) is 29.0 Å². The number of nitrogens with one attached hydrogen (secondary N) is 1. The average molecular weight is 348 g/mol. The van der Waals surface area contributed by atoms with E-state index in [1.807, 2.05) is 0 Å². The van der Waals surface area contributed by atoms with Gasteiger partial charge in [0.15, 0.2) is 5.13 Å². The van der Waals surface area contributed by atoms with Crippen molar-refractivity contribution < 1.29 is 18.0 Å². The van der Waals surface area contributed by atoms with Crippen LogP contribution in [0.5, 0.6) is 0 Å². The second-order valence-corrected chi connectivity index (χ2v) is 5.95. The minimum Gasteiger partial charge on any atom is -0.298 e. The Morgan fingerprint density at radius 3 is 2.54 bits per heavy atom. The Balaban J connectivity index is 1.82. The number of rotatable bonds is 4. The third-order valence-electron chi connectivity index (χ3n) is 3.28. The van der Waals surface area contributed by atoms with E-state index in [9.17, 15) is 18.0 Å². The highest BCUT2D eigenvalue weighted by Crippen LogP contribution is 2.30. The summed E-state index contributed by atoms with van der Waals surface area (Å²) in [6.07, 6.45) is 1.51. The maximum Gasteiger partial charge on any atom is 0.263 e. The molecule has 122 valence electrons. The van der Waals surface area contributed by atoms with Crippen molar-refractivity contribution in [3.63, 3.8) is 0 Å². The van der Waals surface area contributed by atoms with E-state index in [2.05, 4.69) is 10.3 Å². The maximum atomic E-state index is 13.6. The number of amides is 1. The van der Waals surface area contributed by atoms with E-state index < -0.39 is 29.8 Å². The number of halogens is 3. The molecule has 0 fully saturated rings. The van der Waals surface area contributed by atoms with Crippen LogP contribution in [0.2, 0.25) is 0 Å². The van der Waals surface area contributed by atoms with Gasteiger partial charge in [-0.15, -0.1) is 0 Å². The van der Waals surface area contributed by atoms with Crippen LogP contribution >= 0.6 is 11.3 Å². The first-order chi connectivity index (χ1) is 11.6. The second kappa shape index (κ2) is 6.84. The molecule has 0 bridgehead atoms. The summed E-state index contributed by atoms with van der Waals surface area (Å²) < 4.78 is 39.9. The van der Waals surface area contributed by atoms with E-state index in [0.29, 0.717) is 10.4 Å². The number of carbonyl (C=O) groups is 1. The predicted molar refractivity (Wildman–Crippen MR) is 86.7 cm³/mol. The molecule has 0 radical (unpaired) electrons. The quantitative estimate of drug-likeness (QED) is 0.735. The number of thiazole rings is 1. The Bertz CT molecular complexity index is 875. The molecule has 3 rings (SSSR count). The van der Waals surface area contributed by atoms with Crippen LogP contribution in [0.4, 0.5) is 18.3 Å². The Morgan fingerprint density at radius 1 is 1.12 bits per heavy atom. The first-order valence-electron chi connectivity index (χ1n) is 6.95. The molecule has 0 aliphatic rings. The third kappa shape index (κ3) is 3.30. The summed E-state index contributed by atoms with van der Waals surface area (Å²) in [5.41, 5.74) is 0.619. The van der Waals surface area contributed by atoms with Crippen LogP contribution < -0.4 is 5.32 Å². The van der Waals surface area contributed by atoms with Crippen molar-refractivity contribution in [3.8, 4) is 10.4 Å². The molecule has 3 aromatic rings. The molecule has 0 unspecified atom stereocenters. The zero-order valence-electron chi connectivity index (χ0n) is 12.2. The Hall–Kier alpha value is -2.67. The largest absolute Gasteiger partial charge is 0.298 e. The van der Waals surface area contributed by atoms with Crippen LogP contribution in [-0.4, -0.2) is 10.9 Å². The van der Waals surface area contributed by atoms with Gasteiger partial charge in [0, 0.05) is 6.20 Å². The summed E-state index contributed by atoms with van der Waals surface area (Å²) in [5.74, 6) is -2.80. The van der Waals surface area contributed by atoms with Gasteiger partial charge < -0.3 is 0 Å². The van der Waals surface area contributed by atoms with Crippen molar-refractivity contribution in [2.75, 3.05) is 5.32 Å². The number of benzene rings is 2. The number of aromatic nitrogens is 1. The van der Waals surface area contributed by atoms with Gasteiger partial charge >= 0.3 is 0 Å². The number of hydrogen-bond donors (Lipinski definition) is 1. The molecule has 3 nitrogen and oxygen atoms in total. The fraction of sp³-hybridized carbons (Fsp3) is 0.0588.